The molecule has 0 N–H and O–H groups in total. The van der Waals surface area contributed by atoms with Crippen molar-refractivity contribution < 1.29 is 52.0 Å². The van der Waals surface area contributed by atoms with E-state index in [1.54, 1.807) is 6.07 Å². The Hall–Kier alpha value is -3.64. The van der Waals surface area contributed by atoms with Gasteiger partial charge in [0.15, 0.2) is 12.2 Å². The maximum Gasteiger partial charge on any atom is 0.339 e. The van der Waals surface area contributed by atoms with E-state index in [2.05, 4.69) is 0 Å². The van der Waals surface area contributed by atoms with Crippen molar-refractivity contribution in [3.63, 3.8) is 0 Å². The zero-order valence-electron chi connectivity index (χ0n) is 22.4. The highest BCUT2D eigenvalue weighted by Crippen LogP contribution is 2.37. The Morgan fingerprint density at radius 2 is 1.45 bits per heavy atom. The van der Waals surface area contributed by atoms with E-state index in [1.807, 2.05) is 0 Å². The molecule has 4 rings (SSSR count). The third kappa shape index (κ3) is 6.56. The predicted octanol–water partition coefficient (Wildman–Crippen LogP) is 2.79. The molecule has 13 heteroatoms. The van der Waals surface area contributed by atoms with Crippen LogP contribution in [0.1, 0.15) is 51.7 Å². The van der Waals surface area contributed by atoms with Gasteiger partial charge >= 0.3 is 29.5 Å². The summed E-state index contributed by atoms with van der Waals surface area (Å²) in [5, 5.41) is 0.815. The van der Waals surface area contributed by atoms with Gasteiger partial charge in [-0.15, -0.1) is 0 Å². The molecule has 0 amide bonds. The molecule has 1 aliphatic carbocycles. The van der Waals surface area contributed by atoms with Gasteiger partial charge in [-0.25, -0.2) is 4.79 Å². The van der Waals surface area contributed by atoms with Gasteiger partial charge < -0.3 is 32.8 Å². The summed E-state index contributed by atoms with van der Waals surface area (Å²) >= 11 is 6.58. The number of esters is 4. The number of ether oxygens (including phenoxy) is 6. The first kappa shape index (κ1) is 29.3. The maximum absolute atomic E-state index is 12.6. The van der Waals surface area contributed by atoms with Gasteiger partial charge in [0.05, 0.1) is 5.02 Å². The molecule has 0 radical (unpaired) electrons. The van der Waals surface area contributed by atoms with E-state index in [1.165, 1.54) is 13.0 Å². The van der Waals surface area contributed by atoms with Gasteiger partial charge in [-0.05, 0) is 37.3 Å². The van der Waals surface area contributed by atoms with Crippen molar-refractivity contribution in [3.05, 3.63) is 38.7 Å². The molecule has 1 aromatic heterocycles. The molecular formula is C27H29ClO12. The zero-order valence-corrected chi connectivity index (χ0v) is 23.1. The van der Waals surface area contributed by atoms with Crippen LogP contribution in [0.2, 0.25) is 5.02 Å². The van der Waals surface area contributed by atoms with Crippen LogP contribution in [0.5, 0.6) is 5.75 Å². The predicted molar refractivity (Wildman–Crippen MR) is 137 cm³/mol. The summed E-state index contributed by atoms with van der Waals surface area (Å²) in [7, 11) is 0. The van der Waals surface area contributed by atoms with Gasteiger partial charge in [0.25, 0.3) is 0 Å². The Kier molecular flexibility index (Phi) is 8.99. The first-order valence-corrected chi connectivity index (χ1v) is 13.1. The lowest BCUT2D eigenvalue weighted by Crippen LogP contribution is -2.63. The number of aryl methyl sites for hydroxylation is 1. The molecule has 1 fully saturated rings. The first-order chi connectivity index (χ1) is 18.9. The molecule has 2 aromatic rings. The fourth-order valence-corrected chi connectivity index (χ4v) is 5.15. The quantitative estimate of drug-likeness (QED) is 0.269. The molecule has 2 aliphatic rings. The van der Waals surface area contributed by atoms with E-state index in [0.29, 0.717) is 23.8 Å². The number of halogens is 1. The summed E-state index contributed by atoms with van der Waals surface area (Å²) < 4.78 is 38.8. The van der Waals surface area contributed by atoms with Crippen molar-refractivity contribution in [2.45, 2.75) is 84.1 Å². The van der Waals surface area contributed by atoms with E-state index < -0.39 is 66.8 Å². The van der Waals surface area contributed by atoms with E-state index >= 15 is 0 Å². The van der Waals surface area contributed by atoms with Crippen molar-refractivity contribution in [2.75, 3.05) is 6.61 Å². The Morgan fingerprint density at radius 1 is 0.850 bits per heavy atom. The van der Waals surface area contributed by atoms with Crippen molar-refractivity contribution in [2.24, 2.45) is 0 Å². The van der Waals surface area contributed by atoms with Crippen molar-refractivity contribution in [1.82, 2.24) is 0 Å². The largest absolute Gasteiger partial charge is 0.463 e. The lowest BCUT2D eigenvalue weighted by molar-refractivity contribution is -0.288. The summed E-state index contributed by atoms with van der Waals surface area (Å²) in [5.74, 6) is -2.95. The molecule has 0 spiro atoms. The van der Waals surface area contributed by atoms with Crippen LogP contribution in [0.4, 0.5) is 0 Å². The summed E-state index contributed by atoms with van der Waals surface area (Å²) in [5.41, 5.74) is 1.29. The minimum atomic E-state index is -1.49. The lowest BCUT2D eigenvalue weighted by atomic mass is 9.90. The van der Waals surface area contributed by atoms with E-state index in [0.717, 1.165) is 39.2 Å². The van der Waals surface area contributed by atoms with E-state index in [4.69, 9.17) is 44.4 Å². The molecular weight excluding hydrogens is 552 g/mol. The van der Waals surface area contributed by atoms with Crippen molar-refractivity contribution in [1.29, 1.82) is 0 Å². The molecule has 216 valence electrons. The molecule has 0 unspecified atom stereocenters. The third-order valence-corrected chi connectivity index (χ3v) is 6.76. The minimum Gasteiger partial charge on any atom is -0.463 e. The number of benzene rings is 1. The molecule has 0 bridgehead atoms. The van der Waals surface area contributed by atoms with Gasteiger partial charge in [-0.1, -0.05) is 11.6 Å². The fraction of sp³-hybridized carbons (Fsp3) is 0.519. The average molecular weight is 581 g/mol. The topological polar surface area (TPSA) is 154 Å². The second-order valence-electron chi connectivity index (χ2n) is 9.52. The Morgan fingerprint density at radius 3 is 2.08 bits per heavy atom. The second-order valence-corrected chi connectivity index (χ2v) is 9.93. The summed E-state index contributed by atoms with van der Waals surface area (Å²) in [4.78, 5) is 60.1. The van der Waals surface area contributed by atoms with Crippen LogP contribution < -0.4 is 10.4 Å². The number of fused-ring (bicyclic) bond motifs is 3. The van der Waals surface area contributed by atoms with Crippen molar-refractivity contribution in [3.8, 4) is 5.75 Å². The number of hydrogen-bond acceptors (Lipinski definition) is 12. The highest BCUT2D eigenvalue weighted by Gasteiger charge is 2.53. The maximum atomic E-state index is 12.6. The molecule has 1 aliphatic heterocycles. The highest BCUT2D eigenvalue weighted by atomic mass is 35.5. The molecule has 1 saturated heterocycles. The normalized spacial score (nSPS) is 24.0. The first-order valence-electron chi connectivity index (χ1n) is 12.7. The molecule has 2 heterocycles. The Balaban J connectivity index is 1.76. The standard InChI is InChI=1S/C27H29ClO12/c1-12(29)34-11-22-23(35-13(2)30)24(36-14(3)31)25(37-15(4)32)27(40-22)39-21-10-20-18(9-19(21)28)16-7-5-6-8-17(16)26(33)38-20/h9-10,22-25,27H,5-8,11H2,1-4H3/t22-,23+,24-,25+,27-/m1/s1. The Labute approximate surface area is 233 Å². The zero-order chi connectivity index (χ0) is 29.1. The SMILES string of the molecule is CC(=O)OC[C@H]1O[C@@H](Oc2cc3oc(=O)c4c(c3cc2Cl)CCCC4)[C@@H](OC(C)=O)[C@H](OC(C)=O)[C@H]1OC(C)=O. The summed E-state index contributed by atoms with van der Waals surface area (Å²) in [6, 6.07) is 3.03. The molecule has 1 aromatic carbocycles. The van der Waals surface area contributed by atoms with Gasteiger partial charge in [0.2, 0.25) is 12.4 Å². The molecule has 40 heavy (non-hydrogen) atoms. The lowest BCUT2D eigenvalue weighted by Gasteiger charge is -2.44. The number of hydrogen-bond donors (Lipinski definition) is 0. The van der Waals surface area contributed by atoms with Gasteiger partial charge in [-0.2, -0.15) is 0 Å². The summed E-state index contributed by atoms with van der Waals surface area (Å²) in [6.45, 7) is 4.12. The number of carbonyl (C=O) groups excluding carboxylic acids is 4. The molecule has 5 atom stereocenters. The van der Waals surface area contributed by atoms with Crippen LogP contribution in [0.25, 0.3) is 11.0 Å². The fourth-order valence-electron chi connectivity index (χ4n) is 4.94. The summed E-state index contributed by atoms with van der Waals surface area (Å²) in [6.07, 6.45) is -3.73. The van der Waals surface area contributed by atoms with E-state index in [9.17, 15) is 24.0 Å². The van der Waals surface area contributed by atoms with Gasteiger partial charge in [0, 0.05) is 44.7 Å². The molecule has 12 nitrogen and oxygen atoms in total. The molecule has 0 saturated carbocycles. The van der Waals surface area contributed by atoms with Crippen LogP contribution >= 0.6 is 11.6 Å². The third-order valence-electron chi connectivity index (χ3n) is 6.47. The smallest absolute Gasteiger partial charge is 0.339 e. The van der Waals surface area contributed by atoms with E-state index in [-0.39, 0.29) is 16.4 Å². The number of carbonyl (C=O) groups is 4. The second kappa shape index (κ2) is 12.3. The van der Waals surface area contributed by atoms with Crippen LogP contribution in [-0.4, -0.2) is 61.2 Å². The van der Waals surface area contributed by atoms with Crippen LogP contribution in [0.3, 0.4) is 0 Å². The Bertz CT molecular complexity index is 1380. The highest BCUT2D eigenvalue weighted by molar-refractivity contribution is 6.32. The van der Waals surface area contributed by atoms with Gasteiger partial charge in [0.1, 0.15) is 24.0 Å². The van der Waals surface area contributed by atoms with Crippen LogP contribution in [-0.2, 0) is 55.7 Å². The average Bonchev–Trinajstić information content (AvgIpc) is 2.87. The number of rotatable bonds is 7. The van der Waals surface area contributed by atoms with Gasteiger partial charge in [-0.3, -0.25) is 19.2 Å². The van der Waals surface area contributed by atoms with Crippen molar-refractivity contribution >= 4 is 46.4 Å². The van der Waals surface area contributed by atoms with Crippen LogP contribution in [0, 0.1) is 0 Å². The minimum absolute atomic E-state index is 0.00831. The monoisotopic (exact) mass is 580 g/mol. The van der Waals surface area contributed by atoms with Crippen LogP contribution in [0.15, 0.2) is 21.3 Å².